The molecule has 0 radical (unpaired) electrons. The van der Waals surface area contributed by atoms with E-state index in [2.05, 4.69) is 21.4 Å². The molecule has 3 N–H and O–H groups in total. The summed E-state index contributed by atoms with van der Waals surface area (Å²) in [5.74, 6) is -1.34. The average molecular weight is 519 g/mol. The summed E-state index contributed by atoms with van der Waals surface area (Å²) in [7, 11) is 3.14. The molecule has 4 aromatic rings. The van der Waals surface area contributed by atoms with Gasteiger partial charge in [-0.15, -0.1) is 0 Å². The van der Waals surface area contributed by atoms with Gasteiger partial charge in [-0.2, -0.15) is 5.26 Å². The van der Waals surface area contributed by atoms with Gasteiger partial charge in [-0.1, -0.05) is 26.0 Å². The molecule has 0 bridgehead atoms. The minimum atomic E-state index is -2.12. The number of nitrogens with zero attached hydrogens (tertiary/aromatic N) is 5. The minimum absolute atomic E-state index is 0.188. The van der Waals surface area contributed by atoms with Gasteiger partial charge in [0.15, 0.2) is 11.3 Å². The molecular weight excluding hydrogens is 487 g/mol. The lowest BCUT2D eigenvalue weighted by atomic mass is 9.98. The first-order valence-corrected chi connectivity index (χ1v) is 12.4. The molecule has 0 aliphatic carbocycles. The van der Waals surface area contributed by atoms with E-state index >= 15 is 0 Å². The lowest BCUT2D eigenvalue weighted by Gasteiger charge is -2.29. The van der Waals surface area contributed by atoms with Crippen molar-refractivity contribution in [1.82, 2.24) is 19.3 Å². The fourth-order valence-electron chi connectivity index (χ4n) is 4.46. The molecule has 0 saturated carbocycles. The van der Waals surface area contributed by atoms with Crippen molar-refractivity contribution in [2.75, 3.05) is 26.0 Å². The molecule has 2 aromatic carbocycles. The lowest BCUT2D eigenvalue weighted by molar-refractivity contribution is -0.259. The summed E-state index contributed by atoms with van der Waals surface area (Å²) in [6.45, 7) is 6.56. The third-order valence-electron chi connectivity index (χ3n) is 6.50. The smallest absolute Gasteiger partial charge is 0.252 e. The van der Waals surface area contributed by atoms with E-state index in [1.54, 1.807) is 55.2 Å². The highest BCUT2D eigenvalue weighted by atomic mass is 19.1. The highest BCUT2D eigenvalue weighted by molar-refractivity contribution is 5.80. The van der Waals surface area contributed by atoms with Crippen molar-refractivity contribution in [1.29, 1.82) is 5.26 Å². The number of hydrogen-bond donors (Lipinski definition) is 3. The normalized spacial score (nSPS) is 12.5. The molecule has 1 aliphatic heterocycles. The number of anilines is 1. The predicted molar refractivity (Wildman–Crippen MR) is 142 cm³/mol. The number of rotatable bonds is 6. The Bertz CT molecular complexity index is 1520. The summed E-state index contributed by atoms with van der Waals surface area (Å²) in [4.78, 5) is 10.3. The predicted octanol–water partition coefficient (Wildman–Crippen LogP) is 3.95. The Morgan fingerprint density at radius 3 is 2.66 bits per heavy atom. The maximum Gasteiger partial charge on any atom is 0.252 e. The second kappa shape index (κ2) is 10.8. The molecule has 198 valence electrons. The number of aromatic nitrogens is 3. The number of nitriles is 1. The van der Waals surface area contributed by atoms with Crippen LogP contribution in [-0.4, -0.2) is 50.2 Å². The molecule has 0 unspecified atom stereocenters. The van der Waals surface area contributed by atoms with E-state index in [1.807, 2.05) is 20.8 Å². The van der Waals surface area contributed by atoms with Gasteiger partial charge in [-0.05, 0) is 50.3 Å². The van der Waals surface area contributed by atoms with Crippen LogP contribution in [0.4, 0.5) is 10.3 Å². The van der Waals surface area contributed by atoms with Gasteiger partial charge in [0.05, 0.1) is 12.8 Å². The van der Waals surface area contributed by atoms with Gasteiger partial charge < -0.3 is 20.3 Å². The number of aliphatic hydroxyl groups is 2. The van der Waals surface area contributed by atoms with E-state index in [1.165, 1.54) is 11.0 Å². The van der Waals surface area contributed by atoms with Gasteiger partial charge in [0, 0.05) is 41.4 Å². The standard InChI is InChI=1S/C26H25FN6O3.C2H6/c1-15-10-16(26(34,35)32(2)3)4-5-18(15)21-13-30-25(33-14-17(11-28)31-24(21)33)29-12-20-19-8-9-36-23(19)7-6-22(20)27;1-2/h4-7,10,13-14,34-35H,8-9,12H2,1-3H3,(H,29,30);1-2H3. The van der Waals surface area contributed by atoms with Crippen molar-refractivity contribution < 1.29 is 19.3 Å². The monoisotopic (exact) mass is 518 g/mol. The Balaban J connectivity index is 0.00000164. The van der Waals surface area contributed by atoms with Gasteiger partial charge in [-0.3, -0.25) is 9.30 Å². The number of aryl methyl sites for hydroxylation is 1. The highest BCUT2D eigenvalue weighted by Gasteiger charge is 2.29. The van der Waals surface area contributed by atoms with E-state index in [0.29, 0.717) is 47.1 Å². The number of imidazole rings is 1. The summed E-state index contributed by atoms with van der Waals surface area (Å²) in [5, 5.41) is 33.5. The number of hydrogen-bond acceptors (Lipinski definition) is 8. The van der Waals surface area contributed by atoms with Crippen molar-refractivity contribution in [2.24, 2.45) is 0 Å². The third kappa shape index (κ3) is 4.79. The van der Waals surface area contributed by atoms with Crippen molar-refractivity contribution in [2.45, 2.75) is 39.6 Å². The Morgan fingerprint density at radius 1 is 1.21 bits per heavy atom. The van der Waals surface area contributed by atoms with Crippen molar-refractivity contribution in [3.63, 3.8) is 0 Å². The van der Waals surface area contributed by atoms with Crippen LogP contribution < -0.4 is 10.1 Å². The minimum Gasteiger partial charge on any atom is -0.493 e. The summed E-state index contributed by atoms with van der Waals surface area (Å²) >= 11 is 0. The first-order valence-electron chi connectivity index (χ1n) is 12.4. The lowest BCUT2D eigenvalue weighted by Crippen LogP contribution is -2.41. The topological polar surface area (TPSA) is 119 Å². The molecule has 0 saturated heterocycles. The van der Waals surface area contributed by atoms with E-state index < -0.39 is 5.91 Å². The molecule has 0 spiro atoms. The second-order valence-electron chi connectivity index (χ2n) is 8.94. The maximum atomic E-state index is 14.6. The third-order valence-corrected chi connectivity index (χ3v) is 6.50. The van der Waals surface area contributed by atoms with Crippen molar-refractivity contribution in [3.8, 4) is 22.9 Å². The van der Waals surface area contributed by atoms with Crippen molar-refractivity contribution >= 4 is 11.6 Å². The molecule has 10 heteroatoms. The molecule has 1 aliphatic rings. The zero-order chi connectivity index (χ0) is 27.6. The molecule has 5 rings (SSSR count). The van der Waals surface area contributed by atoms with Crippen LogP contribution in [0.3, 0.4) is 0 Å². The molecular formula is C28H31FN6O3. The Morgan fingerprint density at radius 2 is 1.97 bits per heavy atom. The van der Waals surface area contributed by atoms with Crippen LogP contribution in [-0.2, 0) is 18.9 Å². The summed E-state index contributed by atoms with van der Waals surface area (Å²) < 4.78 is 21.8. The van der Waals surface area contributed by atoms with Crippen LogP contribution in [0.5, 0.6) is 5.75 Å². The van der Waals surface area contributed by atoms with Crippen LogP contribution >= 0.6 is 0 Å². The summed E-state index contributed by atoms with van der Waals surface area (Å²) in [6.07, 6.45) is 3.85. The fraction of sp³-hybridized carbons (Fsp3) is 0.321. The number of fused-ring (bicyclic) bond motifs is 2. The van der Waals surface area contributed by atoms with Crippen molar-refractivity contribution in [3.05, 3.63) is 76.5 Å². The first kappa shape index (κ1) is 27.0. The van der Waals surface area contributed by atoms with Gasteiger partial charge in [0.2, 0.25) is 5.95 Å². The zero-order valence-electron chi connectivity index (χ0n) is 22.1. The molecule has 0 amide bonds. The van der Waals surface area contributed by atoms with Crippen LogP contribution in [0.15, 0.2) is 42.7 Å². The Labute approximate surface area is 220 Å². The van der Waals surface area contributed by atoms with Gasteiger partial charge in [0.25, 0.3) is 5.91 Å². The quantitative estimate of drug-likeness (QED) is 0.329. The first-order chi connectivity index (χ1) is 18.2. The summed E-state index contributed by atoms with van der Waals surface area (Å²) in [5.41, 5.74) is 4.60. The maximum absolute atomic E-state index is 14.6. The van der Waals surface area contributed by atoms with E-state index in [9.17, 15) is 19.9 Å². The van der Waals surface area contributed by atoms with Gasteiger partial charge >= 0.3 is 0 Å². The molecule has 3 heterocycles. The van der Waals surface area contributed by atoms with E-state index in [0.717, 1.165) is 16.7 Å². The highest BCUT2D eigenvalue weighted by Crippen LogP contribution is 2.33. The van der Waals surface area contributed by atoms with E-state index in [-0.39, 0.29) is 18.1 Å². The Kier molecular flexibility index (Phi) is 7.64. The molecule has 0 atom stereocenters. The van der Waals surface area contributed by atoms with E-state index in [4.69, 9.17) is 4.74 Å². The second-order valence-corrected chi connectivity index (χ2v) is 8.94. The number of nitrogens with one attached hydrogen (secondary N) is 1. The van der Waals surface area contributed by atoms with Gasteiger partial charge in [0.1, 0.15) is 17.6 Å². The van der Waals surface area contributed by atoms with Crippen LogP contribution in [0, 0.1) is 24.1 Å². The molecule has 2 aromatic heterocycles. The number of ether oxygens (including phenoxy) is 1. The zero-order valence-corrected chi connectivity index (χ0v) is 22.1. The van der Waals surface area contributed by atoms with Crippen LogP contribution in [0.25, 0.3) is 16.8 Å². The molecule has 0 fully saturated rings. The SMILES string of the molecule is CC.Cc1cc(C(O)(O)N(C)C)ccc1-c1cnc(NCc2c(F)ccc3c2CCO3)n2cc(C#N)nc12. The number of halogens is 1. The summed E-state index contributed by atoms with van der Waals surface area (Å²) in [6, 6.07) is 10.2. The largest absolute Gasteiger partial charge is 0.493 e. The Hall–Kier alpha value is -4.04. The number of benzene rings is 2. The van der Waals surface area contributed by atoms with Crippen LogP contribution in [0.2, 0.25) is 0 Å². The van der Waals surface area contributed by atoms with Gasteiger partial charge in [-0.25, -0.2) is 14.4 Å². The molecule has 9 nitrogen and oxygen atoms in total. The fourth-order valence-corrected chi connectivity index (χ4v) is 4.46. The van der Waals surface area contributed by atoms with Crippen LogP contribution in [0.1, 0.15) is 41.8 Å². The molecule has 38 heavy (non-hydrogen) atoms. The average Bonchev–Trinajstić information content (AvgIpc) is 3.57.